The Morgan fingerprint density at radius 2 is 1.72 bits per heavy atom. The molecule has 9 heteroatoms. The molecule has 1 unspecified atom stereocenters. The molecule has 2 N–H and O–H groups in total. The van der Waals surface area contributed by atoms with Gasteiger partial charge in [-0.2, -0.15) is 0 Å². The van der Waals surface area contributed by atoms with Crippen molar-refractivity contribution < 1.29 is 29.0 Å². The SMILES string of the molecule is O=C1CCC(N2C(=O)c3ccc(OCCCc4cccc(N5CCC(O)CC5)c4)cc3C2=O)C(=O)N1. The molecule has 0 radical (unpaired) electrons. The van der Waals surface area contributed by atoms with Crippen molar-refractivity contribution in [1.29, 1.82) is 0 Å². The zero-order chi connectivity index (χ0) is 25.2. The molecule has 1 atom stereocenters. The summed E-state index contributed by atoms with van der Waals surface area (Å²) in [6.45, 7) is 2.15. The van der Waals surface area contributed by atoms with Crippen molar-refractivity contribution in [1.82, 2.24) is 10.2 Å². The highest BCUT2D eigenvalue weighted by Gasteiger charge is 2.44. The van der Waals surface area contributed by atoms with Gasteiger partial charge >= 0.3 is 0 Å². The smallest absolute Gasteiger partial charge is 0.262 e. The van der Waals surface area contributed by atoms with Crippen molar-refractivity contribution in [3.05, 3.63) is 59.2 Å². The molecule has 9 nitrogen and oxygen atoms in total. The van der Waals surface area contributed by atoms with Gasteiger partial charge in [0.15, 0.2) is 0 Å². The van der Waals surface area contributed by atoms with Gasteiger partial charge in [-0.3, -0.25) is 29.4 Å². The number of carbonyl (C=O) groups is 4. The molecule has 0 aromatic heterocycles. The normalized spacial score (nSPS) is 20.5. The lowest BCUT2D eigenvalue weighted by atomic mass is 10.0. The number of aryl methyl sites for hydroxylation is 1. The zero-order valence-electron chi connectivity index (χ0n) is 19.9. The number of benzene rings is 2. The molecule has 0 bridgehead atoms. The van der Waals surface area contributed by atoms with Crippen LogP contribution >= 0.6 is 0 Å². The molecular formula is C27H29N3O6. The summed E-state index contributed by atoms with van der Waals surface area (Å²) in [4.78, 5) is 52.6. The summed E-state index contributed by atoms with van der Waals surface area (Å²) in [5.41, 5.74) is 2.82. The standard InChI is InChI=1S/C27H29N3O6/c31-19-10-12-29(13-11-19)18-5-1-3-17(15-18)4-2-14-36-20-6-7-21-22(16-20)27(35)30(26(21)34)23-8-9-24(32)28-25(23)33/h1,3,5-7,15-16,19,23,31H,2,4,8-14H2,(H,28,32,33). The van der Waals surface area contributed by atoms with E-state index < -0.39 is 29.7 Å². The number of aliphatic hydroxyl groups is 1. The number of hydrogen-bond acceptors (Lipinski definition) is 7. The molecule has 3 aliphatic rings. The van der Waals surface area contributed by atoms with E-state index in [1.54, 1.807) is 18.2 Å². The summed E-state index contributed by atoms with van der Waals surface area (Å²) in [6.07, 6.45) is 3.19. The average Bonchev–Trinajstić information content (AvgIpc) is 3.12. The van der Waals surface area contributed by atoms with Crippen molar-refractivity contribution in [2.75, 3.05) is 24.6 Å². The Kier molecular flexibility index (Phi) is 6.73. The monoisotopic (exact) mass is 491 g/mol. The maximum atomic E-state index is 12.9. The van der Waals surface area contributed by atoms with Crippen LogP contribution < -0.4 is 15.0 Å². The van der Waals surface area contributed by atoms with E-state index in [9.17, 15) is 24.3 Å². The van der Waals surface area contributed by atoms with Gasteiger partial charge in [-0.25, -0.2) is 0 Å². The van der Waals surface area contributed by atoms with Gasteiger partial charge in [-0.15, -0.1) is 0 Å². The van der Waals surface area contributed by atoms with Crippen LogP contribution in [0.25, 0.3) is 0 Å². The Hall–Kier alpha value is -3.72. The van der Waals surface area contributed by atoms with Crippen molar-refractivity contribution in [3.8, 4) is 5.75 Å². The van der Waals surface area contributed by atoms with Crippen LogP contribution in [0.2, 0.25) is 0 Å². The van der Waals surface area contributed by atoms with E-state index in [0.717, 1.165) is 43.7 Å². The highest BCUT2D eigenvalue weighted by molar-refractivity contribution is 6.23. The number of piperidine rings is 2. The van der Waals surface area contributed by atoms with Crippen molar-refractivity contribution in [2.24, 2.45) is 0 Å². The minimum Gasteiger partial charge on any atom is -0.494 e. The van der Waals surface area contributed by atoms with Crippen LogP contribution in [-0.2, 0) is 16.0 Å². The van der Waals surface area contributed by atoms with Gasteiger partial charge in [0.05, 0.1) is 23.8 Å². The number of rotatable bonds is 7. The van der Waals surface area contributed by atoms with Gasteiger partial charge in [0.1, 0.15) is 11.8 Å². The largest absolute Gasteiger partial charge is 0.494 e. The van der Waals surface area contributed by atoms with Crippen molar-refractivity contribution in [3.63, 3.8) is 0 Å². The number of aliphatic hydroxyl groups excluding tert-OH is 1. The maximum Gasteiger partial charge on any atom is 0.262 e. The Labute approximate surface area is 209 Å². The first-order chi connectivity index (χ1) is 17.4. The van der Waals surface area contributed by atoms with E-state index in [1.165, 1.54) is 11.3 Å². The van der Waals surface area contributed by atoms with E-state index in [2.05, 4.69) is 28.4 Å². The first-order valence-electron chi connectivity index (χ1n) is 12.4. The topological polar surface area (TPSA) is 116 Å². The summed E-state index contributed by atoms with van der Waals surface area (Å²) in [6, 6.07) is 12.2. The Morgan fingerprint density at radius 1 is 0.944 bits per heavy atom. The molecule has 0 aliphatic carbocycles. The van der Waals surface area contributed by atoms with E-state index in [4.69, 9.17) is 4.74 Å². The first-order valence-corrected chi connectivity index (χ1v) is 12.4. The van der Waals surface area contributed by atoms with E-state index in [0.29, 0.717) is 12.4 Å². The third-order valence-electron chi connectivity index (χ3n) is 7.03. The molecule has 188 valence electrons. The molecule has 3 aliphatic heterocycles. The van der Waals surface area contributed by atoms with Crippen molar-refractivity contribution >= 4 is 29.3 Å². The van der Waals surface area contributed by atoms with E-state index >= 15 is 0 Å². The van der Waals surface area contributed by atoms with Gasteiger partial charge in [0, 0.05) is 25.2 Å². The minimum absolute atomic E-state index is 0.0856. The highest BCUT2D eigenvalue weighted by Crippen LogP contribution is 2.30. The Bertz CT molecular complexity index is 1200. The number of imide groups is 2. The zero-order valence-corrected chi connectivity index (χ0v) is 19.9. The lowest BCUT2D eigenvalue weighted by Crippen LogP contribution is -2.54. The lowest BCUT2D eigenvalue weighted by molar-refractivity contribution is -0.136. The number of carbonyl (C=O) groups excluding carboxylic acids is 4. The van der Waals surface area contributed by atoms with E-state index in [-0.39, 0.29) is 30.1 Å². The van der Waals surface area contributed by atoms with Crippen LogP contribution in [0.15, 0.2) is 42.5 Å². The fourth-order valence-electron chi connectivity index (χ4n) is 5.04. The summed E-state index contributed by atoms with van der Waals surface area (Å²) >= 11 is 0. The number of nitrogens with zero attached hydrogens (tertiary/aromatic N) is 2. The second-order valence-electron chi connectivity index (χ2n) is 9.49. The predicted molar refractivity (Wildman–Crippen MR) is 131 cm³/mol. The summed E-state index contributed by atoms with van der Waals surface area (Å²) < 4.78 is 5.87. The molecule has 0 spiro atoms. The highest BCUT2D eigenvalue weighted by atomic mass is 16.5. The molecule has 2 fully saturated rings. The number of nitrogens with one attached hydrogen (secondary N) is 1. The molecule has 4 amide bonds. The van der Waals surface area contributed by atoms with Crippen LogP contribution in [0.3, 0.4) is 0 Å². The fourth-order valence-corrected chi connectivity index (χ4v) is 5.04. The predicted octanol–water partition coefficient (Wildman–Crippen LogP) is 2.06. The average molecular weight is 492 g/mol. The fraction of sp³-hybridized carbons (Fsp3) is 0.407. The van der Waals surface area contributed by atoms with E-state index in [1.807, 2.05) is 6.07 Å². The third-order valence-corrected chi connectivity index (χ3v) is 7.03. The lowest BCUT2D eigenvalue weighted by Gasteiger charge is -2.31. The van der Waals surface area contributed by atoms with Gasteiger partial charge in [0.2, 0.25) is 11.8 Å². The molecule has 2 aromatic carbocycles. The van der Waals surface area contributed by atoms with Gasteiger partial charge in [0.25, 0.3) is 11.8 Å². The summed E-state index contributed by atoms with van der Waals surface area (Å²) in [5, 5.41) is 11.9. The second-order valence-corrected chi connectivity index (χ2v) is 9.49. The van der Waals surface area contributed by atoms with Crippen LogP contribution in [0.5, 0.6) is 5.75 Å². The van der Waals surface area contributed by atoms with Gasteiger partial charge < -0.3 is 14.7 Å². The number of hydrogen-bond donors (Lipinski definition) is 2. The van der Waals surface area contributed by atoms with Crippen LogP contribution in [0.4, 0.5) is 5.69 Å². The molecule has 0 saturated carbocycles. The van der Waals surface area contributed by atoms with Crippen LogP contribution in [0.1, 0.15) is 58.4 Å². The Balaban J connectivity index is 1.16. The van der Waals surface area contributed by atoms with Crippen molar-refractivity contribution in [2.45, 2.75) is 50.7 Å². The molecule has 2 saturated heterocycles. The number of fused-ring (bicyclic) bond motifs is 1. The quantitative estimate of drug-likeness (QED) is 0.450. The van der Waals surface area contributed by atoms with Crippen LogP contribution in [-0.4, -0.2) is 65.5 Å². The Morgan fingerprint density at radius 3 is 2.50 bits per heavy atom. The van der Waals surface area contributed by atoms with Gasteiger partial charge in [-0.1, -0.05) is 12.1 Å². The third kappa shape index (κ3) is 4.83. The second kappa shape index (κ2) is 10.1. The number of anilines is 1. The molecule has 36 heavy (non-hydrogen) atoms. The first kappa shape index (κ1) is 24.0. The van der Waals surface area contributed by atoms with Gasteiger partial charge in [-0.05, 0) is 68.0 Å². The maximum absolute atomic E-state index is 12.9. The number of amides is 4. The molecule has 3 heterocycles. The summed E-state index contributed by atoms with van der Waals surface area (Å²) in [5.74, 6) is -1.61. The molecular weight excluding hydrogens is 462 g/mol. The molecule has 2 aromatic rings. The number of ether oxygens (including phenoxy) is 1. The summed E-state index contributed by atoms with van der Waals surface area (Å²) in [7, 11) is 0. The minimum atomic E-state index is -0.981. The van der Waals surface area contributed by atoms with Crippen LogP contribution in [0, 0.1) is 0 Å². The molecule has 5 rings (SSSR count).